The third-order valence-electron chi connectivity index (χ3n) is 1.64. The van der Waals surface area contributed by atoms with Gasteiger partial charge in [0.1, 0.15) is 6.04 Å². The lowest BCUT2D eigenvalue weighted by Gasteiger charge is -2.21. The first kappa shape index (κ1) is 10.6. The molecule has 4 nitrogen and oxygen atoms in total. The second-order valence-electron chi connectivity index (χ2n) is 3.52. The van der Waals surface area contributed by atoms with E-state index >= 15 is 0 Å². The number of hydrogen-bond donors (Lipinski definition) is 3. The van der Waals surface area contributed by atoms with Crippen molar-refractivity contribution in [3.05, 3.63) is 0 Å². The first-order chi connectivity index (χ1) is 4.89. The first-order valence-electron chi connectivity index (χ1n) is 3.57. The molecule has 1 unspecified atom stereocenters. The van der Waals surface area contributed by atoms with Gasteiger partial charge in [0.25, 0.3) is 0 Å². The molecule has 0 aliphatic heterocycles. The van der Waals surface area contributed by atoms with E-state index < -0.39 is 20.1 Å². The summed E-state index contributed by atoms with van der Waals surface area (Å²) < 4.78 is 0. The molecule has 0 fully saturated rings. The number of hydrogen-bond acceptors (Lipinski definition) is 3. The maximum atomic E-state index is 10.3. The van der Waals surface area contributed by atoms with E-state index in [1.54, 1.807) is 0 Å². The molecule has 5 N–H and O–H groups in total. The summed E-state index contributed by atoms with van der Waals surface area (Å²) in [6, 6.07) is -0.182. The fraction of sp³-hybridized carbons (Fsp3) is 0.833. The molecular formula is C6H16N2O2Si. The molecule has 0 spiro atoms. The summed E-state index contributed by atoms with van der Waals surface area (Å²) in [5.74, 6) is -0.931. The number of carboxylic acid groups (broad SMARTS) is 1. The van der Waals surface area contributed by atoms with Crippen LogP contribution in [0.1, 0.15) is 0 Å². The third-order valence-corrected chi connectivity index (χ3v) is 4.29. The van der Waals surface area contributed by atoms with Crippen LogP contribution in [0.25, 0.3) is 0 Å². The molecule has 1 atom stereocenters. The molecule has 0 radical (unpaired) electrons. The lowest BCUT2D eigenvalue weighted by atomic mass is 10.4. The van der Waals surface area contributed by atoms with Crippen LogP contribution >= 0.6 is 0 Å². The van der Waals surface area contributed by atoms with Gasteiger partial charge in [-0.1, -0.05) is 13.1 Å². The van der Waals surface area contributed by atoms with Crippen molar-refractivity contribution in [3.8, 4) is 0 Å². The molecule has 0 aromatic rings. The number of nitrogens with two attached hydrogens (primary N) is 2. The molecular weight excluding hydrogens is 160 g/mol. The van der Waals surface area contributed by atoms with Crippen molar-refractivity contribution in [2.24, 2.45) is 11.5 Å². The fourth-order valence-electron chi connectivity index (χ4n) is 0.766. The quantitative estimate of drug-likeness (QED) is 0.509. The minimum Gasteiger partial charge on any atom is -0.480 e. The molecule has 0 bridgehead atoms. The van der Waals surface area contributed by atoms with Gasteiger partial charge in [0, 0.05) is 0 Å². The highest BCUT2D eigenvalue weighted by atomic mass is 28.3. The molecule has 0 heterocycles. The molecule has 66 valence electrons. The molecule has 0 aromatic carbocycles. The van der Waals surface area contributed by atoms with Crippen LogP contribution in [0.3, 0.4) is 0 Å². The predicted molar refractivity (Wildman–Crippen MR) is 47.0 cm³/mol. The predicted octanol–water partition coefficient (Wildman–Crippen LogP) is -0.395. The Balaban J connectivity index is 3.93. The van der Waals surface area contributed by atoms with E-state index in [0.717, 1.165) is 0 Å². The summed E-state index contributed by atoms with van der Waals surface area (Å²) >= 11 is 0. The molecule has 0 amide bonds. The second kappa shape index (κ2) is 3.84. The fourth-order valence-corrected chi connectivity index (χ4v) is 2.30. The van der Waals surface area contributed by atoms with E-state index in [1.807, 2.05) is 13.1 Å². The largest absolute Gasteiger partial charge is 0.480 e. The molecule has 0 saturated heterocycles. The Bertz CT molecular complexity index is 150. The van der Waals surface area contributed by atoms with Crippen LogP contribution < -0.4 is 11.5 Å². The van der Waals surface area contributed by atoms with Crippen molar-refractivity contribution < 1.29 is 9.90 Å². The molecule has 0 saturated carbocycles. The van der Waals surface area contributed by atoms with Gasteiger partial charge in [-0.3, -0.25) is 4.79 Å². The number of carboxylic acids is 1. The minimum absolute atomic E-state index is 0.554. The van der Waals surface area contributed by atoms with Crippen LogP contribution in [0.4, 0.5) is 0 Å². The zero-order valence-electron chi connectivity index (χ0n) is 7.00. The standard InChI is InChI=1S/C6H16N2O2Si/c1-11(2,4-7)3-5(8)6(9)10/h5H,3-4,7-8H2,1-2H3,(H,9,10). The highest BCUT2D eigenvalue weighted by Gasteiger charge is 2.25. The van der Waals surface area contributed by atoms with Gasteiger partial charge in [0.15, 0.2) is 0 Å². The SMILES string of the molecule is C[Si](C)(CN)CC(N)C(=O)O. The van der Waals surface area contributed by atoms with Gasteiger partial charge in [0.2, 0.25) is 0 Å². The van der Waals surface area contributed by atoms with Gasteiger partial charge in [0.05, 0.1) is 8.07 Å². The summed E-state index contributed by atoms with van der Waals surface area (Å²) in [7, 11) is -1.53. The lowest BCUT2D eigenvalue weighted by Crippen LogP contribution is -2.44. The van der Waals surface area contributed by atoms with Crippen LogP contribution in [-0.4, -0.2) is 31.4 Å². The molecule has 0 rings (SSSR count). The molecule has 0 aliphatic carbocycles. The van der Waals surface area contributed by atoms with Crippen LogP contribution in [0, 0.1) is 0 Å². The Kier molecular flexibility index (Phi) is 3.71. The number of rotatable bonds is 4. The molecule has 0 aromatic heterocycles. The molecule has 0 aliphatic rings. The monoisotopic (exact) mass is 176 g/mol. The van der Waals surface area contributed by atoms with Gasteiger partial charge in [-0.05, 0) is 12.2 Å². The zero-order chi connectivity index (χ0) is 9.07. The molecule has 11 heavy (non-hydrogen) atoms. The number of aliphatic carboxylic acids is 1. The van der Waals surface area contributed by atoms with Crippen LogP contribution in [0.2, 0.25) is 19.1 Å². The number of carbonyl (C=O) groups is 1. The zero-order valence-corrected chi connectivity index (χ0v) is 8.00. The maximum absolute atomic E-state index is 10.3. The Morgan fingerprint density at radius 2 is 2.09 bits per heavy atom. The van der Waals surface area contributed by atoms with Gasteiger partial charge >= 0.3 is 5.97 Å². The van der Waals surface area contributed by atoms with Crippen molar-refractivity contribution in [2.45, 2.75) is 25.2 Å². The van der Waals surface area contributed by atoms with Gasteiger partial charge in [-0.25, -0.2) is 0 Å². The van der Waals surface area contributed by atoms with E-state index in [9.17, 15) is 4.79 Å². The summed E-state index contributed by atoms with van der Waals surface area (Å²) in [5.41, 5.74) is 10.8. The van der Waals surface area contributed by atoms with Crippen molar-refractivity contribution >= 4 is 14.0 Å². The second-order valence-corrected chi connectivity index (χ2v) is 8.66. The van der Waals surface area contributed by atoms with E-state index in [-0.39, 0.29) is 0 Å². The Hall–Kier alpha value is -0.393. The molecule has 5 heteroatoms. The average molecular weight is 176 g/mol. The van der Waals surface area contributed by atoms with E-state index in [0.29, 0.717) is 12.2 Å². The van der Waals surface area contributed by atoms with Gasteiger partial charge in [-0.15, -0.1) is 0 Å². The van der Waals surface area contributed by atoms with Gasteiger partial charge < -0.3 is 16.6 Å². The summed E-state index contributed by atoms with van der Waals surface area (Å²) in [6.07, 6.45) is 0.591. The first-order valence-corrected chi connectivity index (χ1v) is 6.99. The summed E-state index contributed by atoms with van der Waals surface area (Å²) in [5, 5.41) is 8.50. The van der Waals surface area contributed by atoms with Crippen molar-refractivity contribution in [3.63, 3.8) is 0 Å². The van der Waals surface area contributed by atoms with E-state index in [2.05, 4.69) is 0 Å². The van der Waals surface area contributed by atoms with Crippen molar-refractivity contribution in [2.75, 3.05) is 6.17 Å². The smallest absolute Gasteiger partial charge is 0.320 e. The van der Waals surface area contributed by atoms with Crippen molar-refractivity contribution in [1.29, 1.82) is 0 Å². The van der Waals surface area contributed by atoms with Crippen LogP contribution in [0.5, 0.6) is 0 Å². The Morgan fingerprint density at radius 3 is 2.36 bits per heavy atom. The van der Waals surface area contributed by atoms with E-state index in [1.165, 1.54) is 0 Å². The average Bonchev–Trinajstić information content (AvgIpc) is 1.87. The van der Waals surface area contributed by atoms with E-state index in [4.69, 9.17) is 16.6 Å². The highest BCUT2D eigenvalue weighted by Crippen LogP contribution is 2.08. The summed E-state index contributed by atoms with van der Waals surface area (Å²) in [4.78, 5) is 10.3. The topological polar surface area (TPSA) is 89.3 Å². The Morgan fingerprint density at radius 1 is 1.64 bits per heavy atom. The normalized spacial score (nSPS) is 14.5. The van der Waals surface area contributed by atoms with Crippen LogP contribution in [-0.2, 0) is 4.79 Å². The van der Waals surface area contributed by atoms with Gasteiger partial charge in [-0.2, -0.15) is 0 Å². The maximum Gasteiger partial charge on any atom is 0.320 e. The lowest BCUT2D eigenvalue weighted by molar-refractivity contribution is -0.138. The Labute approximate surface area is 67.6 Å². The van der Waals surface area contributed by atoms with Crippen LogP contribution in [0.15, 0.2) is 0 Å². The third kappa shape index (κ3) is 4.13. The minimum atomic E-state index is -1.53. The highest BCUT2D eigenvalue weighted by molar-refractivity contribution is 6.77. The summed E-state index contributed by atoms with van der Waals surface area (Å²) in [6.45, 7) is 4.08. The van der Waals surface area contributed by atoms with Crippen molar-refractivity contribution in [1.82, 2.24) is 0 Å².